The summed E-state index contributed by atoms with van der Waals surface area (Å²) in [5.74, 6) is -1.62. The molecule has 3 nitrogen and oxygen atoms in total. The van der Waals surface area contributed by atoms with Gasteiger partial charge in [0, 0.05) is 22.2 Å². The van der Waals surface area contributed by atoms with Crippen molar-refractivity contribution in [3.8, 4) is 0 Å². The smallest absolute Gasteiger partial charge is 0.358 e. The van der Waals surface area contributed by atoms with Crippen molar-refractivity contribution < 1.29 is 22.4 Å². The minimum atomic E-state index is -4.62. The fourth-order valence-corrected chi connectivity index (χ4v) is 2.59. The number of hydrogen-bond donors (Lipinski definition) is 2. The molecular weight excluding hydrogens is 336 g/mol. The van der Waals surface area contributed by atoms with Crippen molar-refractivity contribution in [2.75, 3.05) is 5.32 Å². The lowest BCUT2D eigenvalue weighted by Gasteiger charge is -2.11. The van der Waals surface area contributed by atoms with Crippen LogP contribution in [0.3, 0.4) is 0 Å². The Morgan fingerprint density at radius 1 is 1.08 bits per heavy atom. The molecule has 3 aromatic rings. The predicted molar refractivity (Wildman–Crippen MR) is 87.1 cm³/mol. The van der Waals surface area contributed by atoms with Crippen molar-refractivity contribution in [2.24, 2.45) is 0 Å². The highest BCUT2D eigenvalue weighted by molar-refractivity contribution is 6.06. The van der Waals surface area contributed by atoms with E-state index in [1.807, 2.05) is 13.8 Å². The highest BCUT2D eigenvalue weighted by Gasteiger charge is 2.31. The number of rotatable bonds is 2. The van der Waals surface area contributed by atoms with Gasteiger partial charge in [-0.25, -0.2) is 4.39 Å². The lowest BCUT2D eigenvalue weighted by atomic mass is 10.1. The average Bonchev–Trinajstić information content (AvgIpc) is 2.82. The first-order valence-electron chi connectivity index (χ1n) is 7.44. The highest BCUT2D eigenvalue weighted by Crippen LogP contribution is 2.32. The molecule has 0 fully saturated rings. The summed E-state index contributed by atoms with van der Waals surface area (Å²) in [6, 6.07) is 6.74. The minimum absolute atomic E-state index is 0.228. The Bertz CT molecular complexity index is 973. The van der Waals surface area contributed by atoms with Gasteiger partial charge in [-0.3, -0.25) is 4.79 Å². The number of aryl methyl sites for hydroxylation is 2. The lowest BCUT2D eigenvalue weighted by Crippen LogP contribution is -2.14. The molecule has 0 bridgehead atoms. The fraction of sp³-hybridized carbons (Fsp3) is 0.167. The van der Waals surface area contributed by atoms with Crippen LogP contribution in [0.5, 0.6) is 0 Å². The van der Waals surface area contributed by atoms with Crippen molar-refractivity contribution in [2.45, 2.75) is 20.0 Å². The molecule has 1 amide bonds. The first kappa shape index (κ1) is 17.0. The van der Waals surface area contributed by atoms with Crippen LogP contribution >= 0.6 is 0 Å². The van der Waals surface area contributed by atoms with Gasteiger partial charge in [-0.2, -0.15) is 13.2 Å². The van der Waals surface area contributed by atoms with E-state index in [4.69, 9.17) is 0 Å². The molecule has 1 aromatic heterocycles. The highest BCUT2D eigenvalue weighted by atomic mass is 19.4. The Hall–Kier alpha value is -2.83. The number of aromatic nitrogens is 1. The van der Waals surface area contributed by atoms with Crippen LogP contribution in [0.2, 0.25) is 0 Å². The number of aromatic amines is 1. The van der Waals surface area contributed by atoms with Crippen molar-refractivity contribution in [1.29, 1.82) is 0 Å². The molecule has 0 saturated heterocycles. The summed E-state index contributed by atoms with van der Waals surface area (Å²) in [4.78, 5) is 15.5. The van der Waals surface area contributed by atoms with Crippen LogP contribution < -0.4 is 5.32 Å². The minimum Gasteiger partial charge on any atom is -0.358 e. The Labute approximate surface area is 140 Å². The van der Waals surface area contributed by atoms with Gasteiger partial charge < -0.3 is 10.3 Å². The van der Waals surface area contributed by atoms with E-state index in [0.717, 1.165) is 22.2 Å². The van der Waals surface area contributed by atoms with Gasteiger partial charge in [-0.15, -0.1) is 0 Å². The van der Waals surface area contributed by atoms with Gasteiger partial charge in [-0.05, 0) is 55.8 Å². The quantitative estimate of drug-likeness (QED) is 0.614. The van der Waals surface area contributed by atoms with Gasteiger partial charge in [-0.1, -0.05) is 0 Å². The monoisotopic (exact) mass is 350 g/mol. The molecule has 130 valence electrons. The van der Waals surface area contributed by atoms with E-state index in [2.05, 4.69) is 10.3 Å². The summed E-state index contributed by atoms with van der Waals surface area (Å²) in [6.07, 6.45) is -4.62. The van der Waals surface area contributed by atoms with Crippen LogP contribution in [0.15, 0.2) is 36.4 Å². The third-order valence-corrected chi connectivity index (χ3v) is 4.11. The number of carbonyl (C=O) groups is 1. The zero-order valence-corrected chi connectivity index (χ0v) is 13.4. The number of hydrogen-bond acceptors (Lipinski definition) is 1. The third kappa shape index (κ3) is 3.22. The zero-order valence-electron chi connectivity index (χ0n) is 13.4. The topological polar surface area (TPSA) is 44.9 Å². The van der Waals surface area contributed by atoms with Gasteiger partial charge in [0.25, 0.3) is 5.91 Å². The fourth-order valence-electron chi connectivity index (χ4n) is 2.59. The van der Waals surface area contributed by atoms with Crippen LogP contribution in [0.1, 0.15) is 27.2 Å². The largest absolute Gasteiger partial charge is 0.416 e. The van der Waals surface area contributed by atoms with E-state index in [0.29, 0.717) is 18.2 Å². The number of H-pyrrole nitrogens is 1. The van der Waals surface area contributed by atoms with E-state index >= 15 is 0 Å². The van der Waals surface area contributed by atoms with Gasteiger partial charge in [0.2, 0.25) is 0 Å². The Balaban J connectivity index is 1.93. The summed E-state index contributed by atoms with van der Waals surface area (Å²) in [7, 11) is 0. The molecule has 1 heterocycles. The Morgan fingerprint density at radius 2 is 1.80 bits per heavy atom. The van der Waals surface area contributed by atoms with Crippen LogP contribution in [0.4, 0.5) is 23.2 Å². The molecule has 7 heteroatoms. The number of amides is 1. The molecule has 0 unspecified atom stereocenters. The number of carbonyl (C=O) groups excluding carboxylic acids is 1. The van der Waals surface area contributed by atoms with E-state index in [1.54, 1.807) is 12.1 Å². The summed E-state index contributed by atoms with van der Waals surface area (Å²) in [6.45, 7) is 3.79. The standard InChI is InChI=1S/C18H14F4N2O/c1-9-10(2)23-15-6-3-11(7-13(9)15)17(25)24-16-8-12(18(20,21)22)4-5-14(16)19/h3-8,23H,1-2H3,(H,24,25). The predicted octanol–water partition coefficient (Wildman–Crippen LogP) is 5.19. The molecule has 0 atom stereocenters. The number of halogens is 4. The van der Waals surface area contributed by atoms with Gasteiger partial charge >= 0.3 is 6.18 Å². The molecule has 0 spiro atoms. The van der Waals surface area contributed by atoms with Crippen molar-refractivity contribution in [1.82, 2.24) is 4.98 Å². The summed E-state index contributed by atoms with van der Waals surface area (Å²) in [5, 5.41) is 3.03. The number of anilines is 1. The van der Waals surface area contributed by atoms with Gasteiger partial charge in [0.05, 0.1) is 11.3 Å². The molecule has 2 N–H and O–H groups in total. The van der Waals surface area contributed by atoms with Crippen molar-refractivity contribution in [3.05, 3.63) is 64.6 Å². The molecule has 3 rings (SSSR count). The normalized spacial score (nSPS) is 11.8. The first-order chi connectivity index (χ1) is 11.7. The Morgan fingerprint density at radius 3 is 2.48 bits per heavy atom. The SMILES string of the molecule is Cc1[nH]c2ccc(C(=O)Nc3cc(C(F)(F)F)ccc3F)cc2c1C. The van der Waals surface area contributed by atoms with Crippen LogP contribution in [-0.4, -0.2) is 10.9 Å². The average molecular weight is 350 g/mol. The molecule has 0 aliphatic carbocycles. The van der Waals surface area contributed by atoms with E-state index in [-0.39, 0.29) is 5.56 Å². The molecular formula is C18H14F4N2O. The van der Waals surface area contributed by atoms with E-state index in [1.165, 1.54) is 6.07 Å². The first-order valence-corrected chi connectivity index (χ1v) is 7.44. The van der Waals surface area contributed by atoms with Crippen molar-refractivity contribution >= 4 is 22.5 Å². The second-order valence-corrected chi connectivity index (χ2v) is 5.78. The van der Waals surface area contributed by atoms with Crippen LogP contribution in [-0.2, 0) is 6.18 Å². The summed E-state index contributed by atoms with van der Waals surface area (Å²) in [5.41, 5.74) is 1.45. The number of fused-ring (bicyclic) bond motifs is 1. The number of benzene rings is 2. The van der Waals surface area contributed by atoms with Gasteiger partial charge in [0.1, 0.15) is 5.82 Å². The second-order valence-electron chi connectivity index (χ2n) is 5.78. The molecule has 0 saturated carbocycles. The van der Waals surface area contributed by atoms with Crippen LogP contribution in [0, 0.1) is 19.7 Å². The maximum absolute atomic E-state index is 13.8. The second kappa shape index (κ2) is 5.91. The summed E-state index contributed by atoms with van der Waals surface area (Å²) >= 11 is 0. The molecule has 0 aliphatic rings. The molecule has 2 aromatic carbocycles. The number of alkyl halides is 3. The van der Waals surface area contributed by atoms with Gasteiger partial charge in [0.15, 0.2) is 0 Å². The Kier molecular flexibility index (Phi) is 4.02. The number of nitrogens with one attached hydrogen (secondary N) is 2. The molecule has 0 aliphatic heterocycles. The van der Waals surface area contributed by atoms with Crippen molar-refractivity contribution in [3.63, 3.8) is 0 Å². The lowest BCUT2D eigenvalue weighted by molar-refractivity contribution is -0.137. The maximum atomic E-state index is 13.8. The summed E-state index contributed by atoms with van der Waals surface area (Å²) < 4.78 is 52.0. The maximum Gasteiger partial charge on any atom is 0.416 e. The third-order valence-electron chi connectivity index (χ3n) is 4.11. The van der Waals surface area contributed by atoms with E-state index < -0.39 is 29.2 Å². The van der Waals surface area contributed by atoms with E-state index in [9.17, 15) is 22.4 Å². The zero-order chi connectivity index (χ0) is 18.4. The molecule has 25 heavy (non-hydrogen) atoms. The molecule has 0 radical (unpaired) electrons. The van der Waals surface area contributed by atoms with Crippen LogP contribution in [0.25, 0.3) is 10.9 Å².